The molecule has 1 aliphatic heterocycles. The van der Waals surface area contributed by atoms with Crippen LogP contribution >= 0.6 is 0 Å². The third kappa shape index (κ3) is 4.63. The van der Waals surface area contributed by atoms with Crippen LogP contribution in [-0.4, -0.2) is 58.3 Å². The third-order valence-electron chi connectivity index (χ3n) is 2.50. The second-order valence-corrected chi connectivity index (χ2v) is 3.89. The van der Waals surface area contributed by atoms with Crippen molar-refractivity contribution >= 4 is 12.1 Å². The van der Waals surface area contributed by atoms with E-state index in [1.165, 1.54) is 6.92 Å². The minimum Gasteiger partial charge on any atom is -0.480 e. The van der Waals surface area contributed by atoms with Gasteiger partial charge in [-0.1, -0.05) is 0 Å². The number of ether oxygens (including phenoxy) is 2. The molecule has 2 atom stereocenters. The van der Waals surface area contributed by atoms with Crippen LogP contribution in [-0.2, 0) is 19.1 Å². The van der Waals surface area contributed by atoms with Gasteiger partial charge in [-0.25, -0.2) is 9.63 Å². The maximum absolute atomic E-state index is 11.0. The number of rotatable bonds is 6. The summed E-state index contributed by atoms with van der Waals surface area (Å²) in [5.74, 6) is -1.06. The largest absolute Gasteiger partial charge is 0.510 e. The first-order valence-corrected chi connectivity index (χ1v) is 5.94. The van der Waals surface area contributed by atoms with Crippen molar-refractivity contribution in [1.82, 2.24) is 10.3 Å². The molecule has 0 aliphatic carbocycles. The molecule has 1 aliphatic rings. The topological polar surface area (TPSA) is 109 Å². The Hall–Kier alpha value is -1.42. The Kier molecular flexibility index (Phi) is 5.96. The van der Waals surface area contributed by atoms with Crippen molar-refractivity contribution in [1.29, 1.82) is 0 Å². The number of hydrogen-bond donors (Lipinski definition) is 2. The zero-order valence-electron chi connectivity index (χ0n) is 10.8. The molecule has 1 fully saturated rings. The van der Waals surface area contributed by atoms with Crippen molar-refractivity contribution in [3.05, 3.63) is 0 Å². The van der Waals surface area contributed by atoms with Gasteiger partial charge in [-0.15, -0.1) is 0 Å². The summed E-state index contributed by atoms with van der Waals surface area (Å²) < 4.78 is 9.19. The van der Waals surface area contributed by atoms with Crippen LogP contribution in [0, 0.1) is 0 Å². The SMILES string of the molecule is CCOC(=O)OC(C)ON(O)N1CCCC1C(=O)O. The highest BCUT2D eigenvalue weighted by Gasteiger charge is 2.36. The molecule has 1 rings (SSSR count). The van der Waals surface area contributed by atoms with E-state index in [0.29, 0.717) is 24.7 Å². The molecule has 1 saturated heterocycles. The molecule has 0 bridgehead atoms. The predicted molar refractivity (Wildman–Crippen MR) is 59.6 cm³/mol. The third-order valence-corrected chi connectivity index (χ3v) is 2.50. The van der Waals surface area contributed by atoms with Crippen LogP contribution in [0.2, 0.25) is 0 Å². The Morgan fingerprint density at radius 2 is 2.21 bits per heavy atom. The molecule has 19 heavy (non-hydrogen) atoms. The van der Waals surface area contributed by atoms with Gasteiger partial charge in [0.15, 0.2) is 0 Å². The van der Waals surface area contributed by atoms with Crippen molar-refractivity contribution in [3.8, 4) is 0 Å². The second-order valence-electron chi connectivity index (χ2n) is 3.89. The summed E-state index contributed by atoms with van der Waals surface area (Å²) in [6, 6.07) is -0.861. The van der Waals surface area contributed by atoms with Crippen LogP contribution < -0.4 is 0 Å². The lowest BCUT2D eigenvalue weighted by Gasteiger charge is -2.29. The zero-order chi connectivity index (χ0) is 14.4. The number of nitrogens with zero attached hydrogens (tertiary/aromatic N) is 2. The minimum absolute atomic E-state index is 0.154. The van der Waals surface area contributed by atoms with Gasteiger partial charge < -0.3 is 14.6 Å². The molecule has 0 aromatic rings. The van der Waals surface area contributed by atoms with E-state index >= 15 is 0 Å². The molecule has 9 nitrogen and oxygen atoms in total. The Morgan fingerprint density at radius 3 is 2.79 bits per heavy atom. The predicted octanol–water partition coefficient (Wildman–Crippen LogP) is 0.592. The Balaban J connectivity index is 2.43. The standard InChI is InChI=1S/C10H18N2O7/c1-3-17-10(15)18-7(2)19-12(16)11-6-4-5-8(11)9(13)14/h7-8,16H,3-6H2,1-2H3,(H,13,14). The highest BCUT2D eigenvalue weighted by atomic mass is 17.0. The van der Waals surface area contributed by atoms with Crippen LogP contribution in [0.3, 0.4) is 0 Å². The summed E-state index contributed by atoms with van der Waals surface area (Å²) >= 11 is 0. The average Bonchev–Trinajstić information content (AvgIpc) is 2.77. The molecule has 1 heterocycles. The summed E-state index contributed by atoms with van der Waals surface area (Å²) in [4.78, 5) is 26.8. The molecule has 0 spiro atoms. The van der Waals surface area contributed by atoms with Crippen molar-refractivity contribution in [2.24, 2.45) is 0 Å². The highest BCUT2D eigenvalue weighted by Crippen LogP contribution is 2.19. The van der Waals surface area contributed by atoms with Crippen LogP contribution in [0.4, 0.5) is 4.79 Å². The smallest absolute Gasteiger partial charge is 0.480 e. The molecular weight excluding hydrogens is 260 g/mol. The second kappa shape index (κ2) is 7.24. The van der Waals surface area contributed by atoms with Gasteiger partial charge in [0.2, 0.25) is 6.29 Å². The van der Waals surface area contributed by atoms with Gasteiger partial charge in [0.1, 0.15) is 6.04 Å². The maximum Gasteiger partial charge on any atom is 0.510 e. The number of carbonyl (C=O) groups is 2. The molecule has 0 aromatic heterocycles. The lowest BCUT2D eigenvalue weighted by atomic mass is 10.2. The maximum atomic E-state index is 11.0. The van der Waals surface area contributed by atoms with E-state index in [4.69, 9.17) is 9.94 Å². The Bertz CT molecular complexity index is 325. The number of hydrogen-bond acceptors (Lipinski definition) is 8. The first-order valence-electron chi connectivity index (χ1n) is 5.94. The van der Waals surface area contributed by atoms with Gasteiger partial charge in [-0.05, 0) is 19.8 Å². The monoisotopic (exact) mass is 278 g/mol. The van der Waals surface area contributed by atoms with Gasteiger partial charge in [0.25, 0.3) is 0 Å². The fraction of sp³-hybridized carbons (Fsp3) is 0.800. The van der Waals surface area contributed by atoms with Crippen molar-refractivity contribution in [2.45, 2.75) is 39.0 Å². The quantitative estimate of drug-likeness (QED) is 0.410. The number of hydrazine groups is 1. The van der Waals surface area contributed by atoms with Gasteiger partial charge in [-0.2, -0.15) is 5.01 Å². The van der Waals surface area contributed by atoms with E-state index < -0.39 is 24.5 Å². The van der Waals surface area contributed by atoms with Crippen molar-refractivity contribution in [2.75, 3.05) is 13.2 Å². The normalized spacial score (nSPS) is 21.4. The molecule has 2 unspecified atom stereocenters. The zero-order valence-corrected chi connectivity index (χ0v) is 10.8. The summed E-state index contributed by atoms with van der Waals surface area (Å²) in [6.07, 6.45) is -1.02. The van der Waals surface area contributed by atoms with Crippen LogP contribution in [0.15, 0.2) is 0 Å². The summed E-state index contributed by atoms with van der Waals surface area (Å²) in [6.45, 7) is 3.47. The fourth-order valence-electron chi connectivity index (χ4n) is 1.71. The molecule has 0 amide bonds. The van der Waals surface area contributed by atoms with Gasteiger partial charge >= 0.3 is 12.1 Å². The van der Waals surface area contributed by atoms with Crippen LogP contribution in [0.5, 0.6) is 0 Å². The van der Waals surface area contributed by atoms with E-state index in [-0.39, 0.29) is 6.61 Å². The molecule has 2 N–H and O–H groups in total. The molecule has 0 saturated carbocycles. The van der Waals surface area contributed by atoms with Gasteiger partial charge in [0.05, 0.1) is 6.61 Å². The number of carbonyl (C=O) groups excluding carboxylic acids is 1. The van der Waals surface area contributed by atoms with Crippen LogP contribution in [0.1, 0.15) is 26.7 Å². The van der Waals surface area contributed by atoms with E-state index in [9.17, 15) is 14.8 Å². The van der Waals surface area contributed by atoms with E-state index in [1.807, 2.05) is 0 Å². The minimum atomic E-state index is -1.11. The van der Waals surface area contributed by atoms with Crippen LogP contribution in [0.25, 0.3) is 0 Å². The number of carboxylic acid groups (broad SMARTS) is 1. The molecule has 9 heteroatoms. The van der Waals surface area contributed by atoms with E-state index in [0.717, 1.165) is 5.01 Å². The Labute approximate surface area is 110 Å². The Morgan fingerprint density at radius 1 is 1.53 bits per heavy atom. The first-order chi connectivity index (χ1) is 8.95. The summed E-state index contributed by atoms with van der Waals surface area (Å²) in [7, 11) is 0. The number of aliphatic carboxylic acids is 1. The average molecular weight is 278 g/mol. The van der Waals surface area contributed by atoms with Gasteiger partial charge in [-0.3, -0.25) is 10.0 Å². The lowest BCUT2D eigenvalue weighted by Crippen LogP contribution is -2.48. The molecule has 0 aromatic carbocycles. The molecular formula is C10H18N2O7. The van der Waals surface area contributed by atoms with Crippen molar-refractivity contribution < 1.29 is 34.2 Å². The van der Waals surface area contributed by atoms with E-state index in [2.05, 4.69) is 9.47 Å². The summed E-state index contributed by atoms with van der Waals surface area (Å²) in [5, 5.41) is 20.0. The highest BCUT2D eigenvalue weighted by molar-refractivity contribution is 5.73. The lowest BCUT2D eigenvalue weighted by molar-refractivity contribution is -0.474. The molecule has 110 valence electrons. The summed E-state index contributed by atoms with van der Waals surface area (Å²) in [5.41, 5.74) is 0. The van der Waals surface area contributed by atoms with Crippen molar-refractivity contribution in [3.63, 3.8) is 0 Å². The molecule has 0 radical (unpaired) electrons. The van der Waals surface area contributed by atoms with E-state index in [1.54, 1.807) is 6.92 Å². The fourth-order valence-corrected chi connectivity index (χ4v) is 1.71. The van der Waals surface area contributed by atoms with Gasteiger partial charge in [0, 0.05) is 18.8 Å². The first kappa shape index (κ1) is 15.6. The number of carboxylic acids is 1.